The van der Waals surface area contributed by atoms with Crippen molar-refractivity contribution in [2.75, 3.05) is 0 Å². The first kappa shape index (κ1) is 13.6. The number of ether oxygens (including phenoxy) is 1. The zero-order chi connectivity index (χ0) is 14.7. The molecule has 2 atom stereocenters. The third kappa shape index (κ3) is 3.05. The fourth-order valence-corrected chi connectivity index (χ4v) is 2.79. The Morgan fingerprint density at radius 1 is 1.19 bits per heavy atom. The highest BCUT2D eigenvalue weighted by Crippen LogP contribution is 2.37. The van der Waals surface area contributed by atoms with Gasteiger partial charge in [-0.05, 0) is 36.6 Å². The van der Waals surface area contributed by atoms with Crippen LogP contribution < -0.4 is 4.74 Å². The van der Waals surface area contributed by atoms with Crippen LogP contribution in [0.3, 0.4) is 0 Å². The molecule has 0 aliphatic carbocycles. The highest BCUT2D eigenvalue weighted by molar-refractivity contribution is 5.41. The van der Waals surface area contributed by atoms with Crippen LogP contribution in [0.4, 0.5) is 4.39 Å². The molecular formula is C18H16FNO. The van der Waals surface area contributed by atoms with Gasteiger partial charge < -0.3 is 4.74 Å². The van der Waals surface area contributed by atoms with Crippen LogP contribution in [0.25, 0.3) is 0 Å². The Morgan fingerprint density at radius 3 is 2.76 bits per heavy atom. The molecule has 0 amide bonds. The number of aryl methyl sites for hydroxylation is 1. The summed E-state index contributed by atoms with van der Waals surface area (Å²) in [6, 6.07) is 16.9. The van der Waals surface area contributed by atoms with Gasteiger partial charge >= 0.3 is 0 Å². The van der Waals surface area contributed by atoms with E-state index in [1.165, 1.54) is 17.7 Å². The Labute approximate surface area is 123 Å². The van der Waals surface area contributed by atoms with Crippen molar-refractivity contribution in [2.24, 2.45) is 0 Å². The molecule has 2 unspecified atom stereocenters. The molecule has 3 heteroatoms. The lowest BCUT2D eigenvalue weighted by Gasteiger charge is -2.29. The average Bonchev–Trinajstić information content (AvgIpc) is 2.53. The summed E-state index contributed by atoms with van der Waals surface area (Å²) in [5.41, 5.74) is 1.94. The van der Waals surface area contributed by atoms with E-state index in [2.05, 4.69) is 18.2 Å². The van der Waals surface area contributed by atoms with Crippen LogP contribution in [0.2, 0.25) is 0 Å². The van der Waals surface area contributed by atoms with Gasteiger partial charge in [-0.3, -0.25) is 0 Å². The monoisotopic (exact) mass is 281 g/mol. The summed E-state index contributed by atoms with van der Waals surface area (Å²) in [6.45, 7) is 0. The van der Waals surface area contributed by atoms with Crippen molar-refractivity contribution in [2.45, 2.75) is 31.3 Å². The summed E-state index contributed by atoms with van der Waals surface area (Å²) in [6.07, 6.45) is 2.41. The van der Waals surface area contributed by atoms with E-state index in [-0.39, 0.29) is 17.8 Å². The quantitative estimate of drug-likeness (QED) is 0.844. The Kier molecular flexibility index (Phi) is 3.87. The molecule has 106 valence electrons. The minimum Gasteiger partial charge on any atom is -0.490 e. The number of fused-ring (bicyclic) bond motifs is 1. The zero-order valence-electron chi connectivity index (χ0n) is 11.6. The molecular weight excluding hydrogens is 265 g/mol. The third-order valence-corrected chi connectivity index (χ3v) is 3.89. The fourth-order valence-electron chi connectivity index (χ4n) is 2.79. The summed E-state index contributed by atoms with van der Waals surface area (Å²) in [5.74, 6) is 0.0396. The van der Waals surface area contributed by atoms with Crippen LogP contribution in [-0.4, -0.2) is 6.10 Å². The molecule has 0 N–H and O–H groups in total. The molecule has 0 aromatic heterocycles. The molecule has 2 aromatic rings. The molecule has 3 rings (SSSR count). The number of nitrogens with zero attached hydrogens (tertiary/aromatic N) is 1. The van der Waals surface area contributed by atoms with E-state index < -0.39 is 0 Å². The minimum atomic E-state index is -0.319. The first-order valence-corrected chi connectivity index (χ1v) is 7.16. The summed E-state index contributed by atoms with van der Waals surface area (Å²) in [5, 5.41) is 9.30. The second kappa shape index (κ2) is 5.97. The maximum atomic E-state index is 13.3. The minimum absolute atomic E-state index is 0.00724. The smallest absolute Gasteiger partial charge is 0.124 e. The van der Waals surface area contributed by atoms with Gasteiger partial charge in [0.2, 0.25) is 0 Å². The lowest BCUT2D eigenvalue weighted by molar-refractivity contribution is 0.158. The summed E-state index contributed by atoms with van der Waals surface area (Å²) < 4.78 is 19.2. The number of benzene rings is 2. The van der Waals surface area contributed by atoms with Gasteiger partial charge in [0.15, 0.2) is 0 Å². The Bertz CT molecular complexity index is 663. The predicted octanol–water partition coefficient (Wildman–Crippen LogP) is 4.22. The second-order valence-electron chi connectivity index (χ2n) is 5.36. The summed E-state index contributed by atoms with van der Waals surface area (Å²) in [4.78, 5) is 0. The zero-order valence-corrected chi connectivity index (χ0v) is 11.6. The Hall–Kier alpha value is -2.34. The van der Waals surface area contributed by atoms with Crippen molar-refractivity contribution in [1.82, 2.24) is 0 Å². The van der Waals surface area contributed by atoms with E-state index in [4.69, 9.17) is 4.74 Å². The SMILES string of the molecule is N#CC1CC(CCc2ccccc2)Oc2ccc(F)cc21. The normalized spacial score (nSPS) is 20.2. The number of hydrogen-bond donors (Lipinski definition) is 0. The van der Waals surface area contributed by atoms with Crippen LogP contribution in [0.1, 0.15) is 29.9 Å². The fraction of sp³-hybridized carbons (Fsp3) is 0.278. The molecule has 0 spiro atoms. The van der Waals surface area contributed by atoms with Gasteiger partial charge in [-0.15, -0.1) is 0 Å². The van der Waals surface area contributed by atoms with Gasteiger partial charge in [0.05, 0.1) is 12.0 Å². The largest absolute Gasteiger partial charge is 0.490 e. The van der Waals surface area contributed by atoms with E-state index in [1.54, 1.807) is 6.07 Å². The molecule has 0 fully saturated rings. The molecule has 1 heterocycles. The predicted molar refractivity (Wildman–Crippen MR) is 78.6 cm³/mol. The number of halogens is 1. The van der Waals surface area contributed by atoms with Crippen LogP contribution >= 0.6 is 0 Å². The van der Waals surface area contributed by atoms with Crippen molar-refractivity contribution in [3.05, 3.63) is 65.5 Å². The van der Waals surface area contributed by atoms with Gasteiger partial charge in [0, 0.05) is 12.0 Å². The highest BCUT2D eigenvalue weighted by Gasteiger charge is 2.28. The standard InChI is InChI=1S/C18H16FNO/c19-15-7-9-18-17(11-15)14(12-20)10-16(21-18)8-6-13-4-2-1-3-5-13/h1-5,7,9,11,14,16H,6,8,10H2. The molecule has 1 aliphatic heterocycles. The van der Waals surface area contributed by atoms with Crippen LogP contribution in [0.5, 0.6) is 5.75 Å². The van der Waals surface area contributed by atoms with Gasteiger partial charge in [-0.1, -0.05) is 30.3 Å². The Balaban J connectivity index is 1.72. The van der Waals surface area contributed by atoms with E-state index in [9.17, 15) is 9.65 Å². The van der Waals surface area contributed by atoms with E-state index in [1.807, 2.05) is 18.2 Å². The second-order valence-corrected chi connectivity index (χ2v) is 5.36. The summed E-state index contributed by atoms with van der Waals surface area (Å²) in [7, 11) is 0. The van der Waals surface area contributed by atoms with E-state index in [0.717, 1.165) is 12.8 Å². The first-order chi connectivity index (χ1) is 10.3. The highest BCUT2D eigenvalue weighted by atomic mass is 19.1. The number of hydrogen-bond acceptors (Lipinski definition) is 2. The van der Waals surface area contributed by atoms with Crippen molar-refractivity contribution < 1.29 is 9.13 Å². The topological polar surface area (TPSA) is 33.0 Å². The average molecular weight is 281 g/mol. The summed E-state index contributed by atoms with van der Waals surface area (Å²) >= 11 is 0. The molecule has 2 aromatic carbocycles. The Morgan fingerprint density at radius 2 is 2.00 bits per heavy atom. The number of rotatable bonds is 3. The molecule has 21 heavy (non-hydrogen) atoms. The third-order valence-electron chi connectivity index (χ3n) is 3.89. The van der Waals surface area contributed by atoms with Crippen LogP contribution in [0.15, 0.2) is 48.5 Å². The maximum absolute atomic E-state index is 13.3. The molecule has 0 radical (unpaired) electrons. The molecule has 0 saturated heterocycles. The van der Waals surface area contributed by atoms with Gasteiger partial charge in [-0.25, -0.2) is 4.39 Å². The number of nitriles is 1. The van der Waals surface area contributed by atoms with Gasteiger partial charge in [-0.2, -0.15) is 5.26 Å². The molecule has 2 nitrogen and oxygen atoms in total. The lowest BCUT2D eigenvalue weighted by Crippen LogP contribution is -2.26. The van der Waals surface area contributed by atoms with Crippen molar-refractivity contribution >= 4 is 0 Å². The molecule has 0 saturated carbocycles. The van der Waals surface area contributed by atoms with Crippen molar-refractivity contribution in [3.8, 4) is 11.8 Å². The van der Waals surface area contributed by atoms with Crippen molar-refractivity contribution in [3.63, 3.8) is 0 Å². The molecule has 0 bridgehead atoms. The lowest BCUT2D eigenvalue weighted by atomic mass is 9.89. The van der Waals surface area contributed by atoms with Crippen LogP contribution in [-0.2, 0) is 6.42 Å². The van der Waals surface area contributed by atoms with Crippen molar-refractivity contribution in [1.29, 1.82) is 5.26 Å². The van der Waals surface area contributed by atoms with Gasteiger partial charge in [0.25, 0.3) is 0 Å². The maximum Gasteiger partial charge on any atom is 0.124 e. The van der Waals surface area contributed by atoms with Gasteiger partial charge in [0.1, 0.15) is 17.7 Å². The van der Waals surface area contributed by atoms with Crippen LogP contribution in [0, 0.1) is 17.1 Å². The van der Waals surface area contributed by atoms with E-state index >= 15 is 0 Å². The molecule has 1 aliphatic rings. The first-order valence-electron chi connectivity index (χ1n) is 7.16. The van der Waals surface area contributed by atoms with E-state index in [0.29, 0.717) is 17.7 Å².